The summed E-state index contributed by atoms with van der Waals surface area (Å²) in [7, 11) is 0. The fourth-order valence-electron chi connectivity index (χ4n) is 3.91. The number of benzene rings is 1. The number of piperidine rings is 1. The number of nitrogens with one attached hydrogen (secondary N) is 1. The molecule has 1 aromatic rings. The Morgan fingerprint density at radius 3 is 2.86 bits per heavy atom. The van der Waals surface area contributed by atoms with Crippen LogP contribution < -0.4 is 5.32 Å². The van der Waals surface area contributed by atoms with Gasteiger partial charge in [-0.05, 0) is 44.2 Å². The maximum atomic E-state index is 12.6. The molecule has 1 aromatic carbocycles. The Hall–Kier alpha value is -1.26. The van der Waals surface area contributed by atoms with Crippen LogP contribution in [-0.4, -0.2) is 35.2 Å². The van der Waals surface area contributed by atoms with Crippen LogP contribution in [0.5, 0.6) is 0 Å². The lowest BCUT2D eigenvalue weighted by Crippen LogP contribution is -2.50. The highest BCUT2D eigenvalue weighted by atomic mass is 35.5. The minimum absolute atomic E-state index is 0.0921. The van der Waals surface area contributed by atoms with Crippen molar-refractivity contribution in [3.05, 3.63) is 28.8 Å². The minimum atomic E-state index is -0.273. The summed E-state index contributed by atoms with van der Waals surface area (Å²) in [5.41, 5.74) is 1.54. The van der Waals surface area contributed by atoms with E-state index >= 15 is 0 Å². The highest BCUT2D eigenvalue weighted by Crippen LogP contribution is 2.45. The number of amides is 2. The first kappa shape index (κ1) is 15.6. The van der Waals surface area contributed by atoms with Crippen molar-refractivity contribution in [2.24, 2.45) is 5.41 Å². The fourth-order valence-corrected chi connectivity index (χ4v) is 4.18. The van der Waals surface area contributed by atoms with Crippen LogP contribution in [0.4, 0.5) is 10.5 Å². The molecule has 5 heteroatoms. The number of anilines is 1. The smallest absolute Gasteiger partial charge is 0.321 e. The summed E-state index contributed by atoms with van der Waals surface area (Å²) < 4.78 is 0. The number of para-hydroxylation sites is 1. The molecule has 0 aromatic heterocycles. The van der Waals surface area contributed by atoms with Gasteiger partial charge in [0.2, 0.25) is 0 Å². The second kappa shape index (κ2) is 6.09. The molecule has 2 atom stereocenters. The van der Waals surface area contributed by atoms with Crippen LogP contribution in [0.3, 0.4) is 0 Å². The molecular weight excluding hydrogens is 300 g/mol. The van der Waals surface area contributed by atoms with Gasteiger partial charge in [0, 0.05) is 18.5 Å². The minimum Gasteiger partial charge on any atom is -0.392 e. The zero-order valence-electron chi connectivity index (χ0n) is 12.9. The lowest BCUT2D eigenvalue weighted by molar-refractivity contribution is 0.00400. The van der Waals surface area contributed by atoms with E-state index in [1.165, 1.54) is 0 Å². The molecule has 1 saturated carbocycles. The number of rotatable bonds is 1. The van der Waals surface area contributed by atoms with Gasteiger partial charge in [-0.2, -0.15) is 0 Å². The third-order valence-corrected chi connectivity index (χ3v) is 5.52. The summed E-state index contributed by atoms with van der Waals surface area (Å²) in [4.78, 5) is 14.4. The number of carbonyl (C=O) groups is 1. The molecule has 1 saturated heterocycles. The quantitative estimate of drug-likeness (QED) is 0.826. The standard InChI is InChI=1S/C17H23ClN2O2/c1-12-5-2-6-13(18)15(12)19-16(22)20-10-4-9-17(11-20)8-3-7-14(17)21/h2,5-6,14,21H,3-4,7-11H2,1H3,(H,19,22)/t14-,17-/m1/s1. The van der Waals surface area contributed by atoms with Crippen LogP contribution in [0.25, 0.3) is 0 Å². The van der Waals surface area contributed by atoms with Crippen LogP contribution in [0.15, 0.2) is 18.2 Å². The SMILES string of the molecule is Cc1cccc(Cl)c1NC(=O)N1CCC[C@]2(CCC[C@H]2O)C1. The molecule has 120 valence electrons. The molecule has 2 aliphatic rings. The third-order valence-electron chi connectivity index (χ3n) is 5.21. The van der Waals surface area contributed by atoms with Crippen molar-refractivity contribution in [1.29, 1.82) is 0 Å². The molecule has 1 spiro atoms. The molecular formula is C17H23ClN2O2. The van der Waals surface area contributed by atoms with Gasteiger partial charge >= 0.3 is 6.03 Å². The van der Waals surface area contributed by atoms with Crippen LogP contribution in [0.2, 0.25) is 5.02 Å². The van der Waals surface area contributed by atoms with Crippen molar-refractivity contribution >= 4 is 23.3 Å². The van der Waals surface area contributed by atoms with Crippen molar-refractivity contribution in [3.63, 3.8) is 0 Å². The maximum Gasteiger partial charge on any atom is 0.321 e. The van der Waals surface area contributed by atoms with Crippen LogP contribution >= 0.6 is 11.6 Å². The van der Waals surface area contributed by atoms with Gasteiger partial charge in [0.05, 0.1) is 16.8 Å². The summed E-state index contributed by atoms with van der Waals surface area (Å²) >= 11 is 6.18. The first-order chi connectivity index (χ1) is 10.5. The molecule has 0 radical (unpaired) electrons. The fraction of sp³-hybridized carbons (Fsp3) is 0.588. The number of aryl methyl sites for hydroxylation is 1. The highest BCUT2D eigenvalue weighted by molar-refractivity contribution is 6.33. The first-order valence-electron chi connectivity index (χ1n) is 8.01. The van der Waals surface area contributed by atoms with Crippen LogP contribution in [0, 0.1) is 12.3 Å². The second-order valence-corrected chi connectivity index (χ2v) is 7.06. The van der Waals surface area contributed by atoms with E-state index in [9.17, 15) is 9.90 Å². The second-order valence-electron chi connectivity index (χ2n) is 6.66. The number of likely N-dealkylation sites (tertiary alicyclic amines) is 1. The van der Waals surface area contributed by atoms with Gasteiger partial charge in [0.15, 0.2) is 0 Å². The predicted octanol–water partition coefficient (Wildman–Crippen LogP) is 3.81. The van der Waals surface area contributed by atoms with Gasteiger partial charge in [-0.15, -0.1) is 0 Å². The Labute approximate surface area is 136 Å². The number of urea groups is 1. The molecule has 1 aliphatic carbocycles. The number of halogens is 1. The number of aliphatic hydroxyl groups excluding tert-OH is 1. The van der Waals surface area contributed by atoms with Gasteiger partial charge in [0.25, 0.3) is 0 Å². The van der Waals surface area contributed by atoms with E-state index < -0.39 is 0 Å². The van der Waals surface area contributed by atoms with E-state index in [-0.39, 0.29) is 17.6 Å². The molecule has 2 fully saturated rings. The van der Waals surface area contributed by atoms with Crippen LogP contribution in [0.1, 0.15) is 37.7 Å². The Balaban J connectivity index is 1.72. The number of hydrogen-bond acceptors (Lipinski definition) is 2. The van der Waals surface area contributed by atoms with Gasteiger partial charge in [0.1, 0.15) is 0 Å². The average molecular weight is 323 g/mol. The first-order valence-corrected chi connectivity index (χ1v) is 8.39. The van der Waals surface area contributed by atoms with Gasteiger partial charge in [-0.25, -0.2) is 4.79 Å². The Morgan fingerprint density at radius 1 is 1.41 bits per heavy atom. The zero-order chi connectivity index (χ0) is 15.7. The van der Waals surface area contributed by atoms with E-state index in [4.69, 9.17) is 11.6 Å². The summed E-state index contributed by atoms with van der Waals surface area (Å²) in [6, 6.07) is 5.47. The molecule has 3 rings (SSSR count). The zero-order valence-corrected chi connectivity index (χ0v) is 13.7. The molecule has 0 unspecified atom stereocenters. The summed E-state index contributed by atoms with van der Waals surface area (Å²) in [5.74, 6) is 0. The largest absolute Gasteiger partial charge is 0.392 e. The predicted molar refractivity (Wildman–Crippen MR) is 88.3 cm³/mol. The monoisotopic (exact) mass is 322 g/mol. The summed E-state index contributed by atoms with van der Waals surface area (Å²) in [5, 5.41) is 13.8. The normalized spacial score (nSPS) is 28.1. The van der Waals surface area contributed by atoms with Crippen molar-refractivity contribution in [1.82, 2.24) is 4.90 Å². The molecule has 1 aliphatic heterocycles. The van der Waals surface area contributed by atoms with E-state index in [2.05, 4.69) is 5.32 Å². The molecule has 2 N–H and O–H groups in total. The van der Waals surface area contributed by atoms with E-state index in [0.717, 1.165) is 44.2 Å². The van der Waals surface area contributed by atoms with Crippen molar-refractivity contribution < 1.29 is 9.90 Å². The molecule has 2 amide bonds. The van der Waals surface area contributed by atoms with Gasteiger partial charge in [-0.3, -0.25) is 0 Å². The van der Waals surface area contributed by atoms with Gasteiger partial charge in [-0.1, -0.05) is 30.2 Å². The number of aliphatic hydroxyl groups is 1. The number of nitrogens with zero attached hydrogens (tertiary/aromatic N) is 1. The number of carbonyl (C=O) groups excluding carboxylic acids is 1. The highest BCUT2D eigenvalue weighted by Gasteiger charge is 2.45. The van der Waals surface area contributed by atoms with E-state index in [1.807, 2.05) is 24.0 Å². The number of hydrogen-bond donors (Lipinski definition) is 2. The lowest BCUT2D eigenvalue weighted by atomic mass is 9.77. The molecule has 1 heterocycles. The lowest BCUT2D eigenvalue weighted by Gasteiger charge is -2.42. The maximum absolute atomic E-state index is 12.6. The summed E-state index contributed by atoms with van der Waals surface area (Å²) in [6.45, 7) is 3.31. The van der Waals surface area contributed by atoms with Gasteiger partial charge < -0.3 is 15.3 Å². The van der Waals surface area contributed by atoms with Crippen molar-refractivity contribution in [2.45, 2.75) is 45.1 Å². The summed E-state index contributed by atoms with van der Waals surface area (Å²) in [6.07, 6.45) is 4.63. The molecule has 4 nitrogen and oxygen atoms in total. The van der Waals surface area contributed by atoms with E-state index in [0.29, 0.717) is 17.3 Å². The Morgan fingerprint density at radius 2 is 2.18 bits per heavy atom. The Kier molecular flexibility index (Phi) is 4.33. The average Bonchev–Trinajstić information content (AvgIpc) is 2.83. The van der Waals surface area contributed by atoms with E-state index in [1.54, 1.807) is 6.07 Å². The van der Waals surface area contributed by atoms with Crippen molar-refractivity contribution in [3.8, 4) is 0 Å². The van der Waals surface area contributed by atoms with Crippen molar-refractivity contribution in [2.75, 3.05) is 18.4 Å². The molecule has 0 bridgehead atoms. The molecule has 22 heavy (non-hydrogen) atoms. The topological polar surface area (TPSA) is 52.6 Å². The van der Waals surface area contributed by atoms with Crippen LogP contribution in [-0.2, 0) is 0 Å². The third kappa shape index (κ3) is 2.82. The Bertz CT molecular complexity index is 558.